The zero-order chi connectivity index (χ0) is 18.7. The van der Waals surface area contributed by atoms with Gasteiger partial charge in [-0.2, -0.15) is 0 Å². The average molecular weight is 368 g/mol. The van der Waals surface area contributed by atoms with Crippen LogP contribution in [0.4, 0.5) is 0 Å². The molecule has 2 saturated heterocycles. The van der Waals surface area contributed by atoms with Crippen LogP contribution in [0, 0.1) is 0 Å². The first-order valence-electron chi connectivity index (χ1n) is 9.78. The number of methoxy groups -OCH3 is 1. The van der Waals surface area contributed by atoms with Gasteiger partial charge in [-0.3, -0.25) is 9.80 Å². The maximum absolute atomic E-state index is 11.7. The number of rotatable bonds is 5. The van der Waals surface area contributed by atoms with E-state index in [-0.39, 0.29) is 6.04 Å². The molecule has 1 N–H and O–H groups in total. The van der Waals surface area contributed by atoms with Crippen molar-refractivity contribution in [2.75, 3.05) is 33.3 Å². The molecule has 0 aliphatic carbocycles. The molecule has 2 aromatic rings. The molecule has 4 rings (SSSR count). The van der Waals surface area contributed by atoms with E-state index in [0.29, 0.717) is 6.01 Å². The molecule has 27 heavy (non-hydrogen) atoms. The number of ether oxygens (including phenoxy) is 1. The van der Waals surface area contributed by atoms with Gasteiger partial charge in [0, 0.05) is 37.6 Å². The summed E-state index contributed by atoms with van der Waals surface area (Å²) in [5.74, 6) is 0. The predicted molar refractivity (Wildman–Crippen MR) is 103 cm³/mol. The third kappa shape index (κ3) is 3.83. The molecule has 2 aliphatic heterocycles. The first-order valence-corrected chi connectivity index (χ1v) is 9.78. The van der Waals surface area contributed by atoms with Crippen molar-refractivity contribution < 1.29 is 9.84 Å². The number of aromatic nitrogens is 2. The van der Waals surface area contributed by atoms with E-state index in [9.17, 15) is 5.11 Å². The number of hydrogen-bond donors (Lipinski definition) is 1. The van der Waals surface area contributed by atoms with E-state index in [4.69, 9.17) is 4.74 Å². The third-order valence-electron chi connectivity index (χ3n) is 5.92. The summed E-state index contributed by atoms with van der Waals surface area (Å²) in [5.41, 5.74) is 1.31. The van der Waals surface area contributed by atoms with Crippen molar-refractivity contribution in [3.05, 3.63) is 53.9 Å². The molecule has 6 nitrogen and oxygen atoms in total. The lowest BCUT2D eigenvalue weighted by molar-refractivity contribution is -0.0959. The molecule has 3 heterocycles. The highest BCUT2D eigenvalue weighted by Gasteiger charge is 2.46. The molecule has 144 valence electrons. The maximum Gasteiger partial charge on any atom is 0.316 e. The van der Waals surface area contributed by atoms with E-state index in [1.807, 2.05) is 30.6 Å². The molecule has 1 aromatic carbocycles. The summed E-state index contributed by atoms with van der Waals surface area (Å²) in [6.45, 7) is 4.62. The van der Waals surface area contributed by atoms with E-state index < -0.39 is 5.60 Å². The summed E-state index contributed by atoms with van der Waals surface area (Å²) in [6, 6.07) is 10.7. The average Bonchev–Trinajstić information content (AvgIpc) is 3.25. The molecule has 0 saturated carbocycles. The quantitative estimate of drug-likeness (QED) is 0.872. The highest BCUT2D eigenvalue weighted by Crippen LogP contribution is 2.37. The van der Waals surface area contributed by atoms with Crippen molar-refractivity contribution in [3.63, 3.8) is 0 Å². The minimum absolute atomic E-state index is 0.107. The highest BCUT2D eigenvalue weighted by atomic mass is 16.5. The van der Waals surface area contributed by atoms with E-state index >= 15 is 0 Å². The molecule has 0 unspecified atom stereocenters. The maximum atomic E-state index is 11.7. The van der Waals surface area contributed by atoms with Gasteiger partial charge in [-0.15, -0.1) is 0 Å². The van der Waals surface area contributed by atoms with Crippen LogP contribution in [0.15, 0.2) is 42.7 Å². The summed E-state index contributed by atoms with van der Waals surface area (Å²) in [6.07, 6.45) is 6.82. The smallest absolute Gasteiger partial charge is 0.316 e. The topological polar surface area (TPSA) is 61.7 Å². The normalized spacial score (nSPS) is 27.0. The molecule has 6 heteroatoms. The Balaban J connectivity index is 1.53. The summed E-state index contributed by atoms with van der Waals surface area (Å²) in [5, 5.41) is 11.7. The Bertz CT molecular complexity index is 734. The molecule has 1 aromatic heterocycles. The molecule has 0 radical (unpaired) electrons. The molecule has 2 aliphatic rings. The monoisotopic (exact) mass is 368 g/mol. The molecular weight excluding hydrogens is 340 g/mol. The molecule has 2 atom stereocenters. The summed E-state index contributed by atoms with van der Waals surface area (Å²) in [4.78, 5) is 13.3. The fourth-order valence-electron chi connectivity index (χ4n) is 4.45. The van der Waals surface area contributed by atoms with Crippen LogP contribution >= 0.6 is 0 Å². The standard InChI is InChI=1S/C21H28N4O2/c1-27-20-22-13-17(14-23-20)15-24-12-9-21(26,18-7-3-2-4-8-18)19(16-24)25-10-5-6-11-25/h2-4,7-8,13-14,19,26H,5-6,9-12,15-16H2,1H3/t19-,21+/m1/s1. The number of likely N-dealkylation sites (tertiary alicyclic amines) is 2. The van der Waals surface area contributed by atoms with Gasteiger partial charge in [0.2, 0.25) is 0 Å². The first-order chi connectivity index (χ1) is 13.2. The van der Waals surface area contributed by atoms with Gasteiger partial charge >= 0.3 is 6.01 Å². The Hall–Kier alpha value is -2.02. The molecule has 0 spiro atoms. The van der Waals surface area contributed by atoms with Gasteiger partial charge in [-0.1, -0.05) is 30.3 Å². The molecule has 2 fully saturated rings. The zero-order valence-electron chi connectivity index (χ0n) is 15.9. The van der Waals surface area contributed by atoms with Crippen LogP contribution < -0.4 is 4.74 Å². The number of piperidine rings is 1. The second-order valence-corrected chi connectivity index (χ2v) is 7.61. The van der Waals surface area contributed by atoms with Gasteiger partial charge in [0.15, 0.2) is 0 Å². The van der Waals surface area contributed by atoms with Gasteiger partial charge in [0.25, 0.3) is 0 Å². The first kappa shape index (κ1) is 18.3. The Labute approximate surface area is 160 Å². The van der Waals surface area contributed by atoms with Crippen molar-refractivity contribution in [2.24, 2.45) is 0 Å². The minimum atomic E-state index is -0.793. The van der Waals surface area contributed by atoms with Crippen molar-refractivity contribution in [3.8, 4) is 6.01 Å². The SMILES string of the molecule is COc1ncc(CN2CC[C@](O)(c3ccccc3)[C@H](N3CCCC3)C2)cn1. The van der Waals surface area contributed by atoms with E-state index in [2.05, 4.69) is 31.9 Å². The number of benzene rings is 1. The third-order valence-corrected chi connectivity index (χ3v) is 5.92. The van der Waals surface area contributed by atoms with E-state index in [1.165, 1.54) is 12.8 Å². The van der Waals surface area contributed by atoms with Crippen LogP contribution in [0.2, 0.25) is 0 Å². The number of aliphatic hydroxyl groups is 1. The summed E-state index contributed by atoms with van der Waals surface area (Å²) >= 11 is 0. The molecule has 0 bridgehead atoms. The number of nitrogens with zero attached hydrogens (tertiary/aromatic N) is 4. The molecule has 0 amide bonds. The van der Waals surface area contributed by atoms with Gasteiger partial charge in [-0.25, -0.2) is 9.97 Å². The number of hydrogen-bond acceptors (Lipinski definition) is 6. The van der Waals surface area contributed by atoms with Gasteiger partial charge in [0.1, 0.15) is 5.60 Å². The lowest BCUT2D eigenvalue weighted by Gasteiger charge is -2.48. The van der Waals surface area contributed by atoms with Crippen LogP contribution in [-0.2, 0) is 12.1 Å². The fraction of sp³-hybridized carbons (Fsp3) is 0.524. The van der Waals surface area contributed by atoms with Crippen LogP contribution in [0.3, 0.4) is 0 Å². The van der Waals surface area contributed by atoms with Crippen molar-refractivity contribution in [1.29, 1.82) is 0 Å². The Morgan fingerprint density at radius 1 is 1.11 bits per heavy atom. The van der Waals surface area contributed by atoms with E-state index in [0.717, 1.165) is 50.3 Å². The van der Waals surface area contributed by atoms with Crippen LogP contribution in [-0.4, -0.2) is 64.2 Å². The largest absolute Gasteiger partial charge is 0.467 e. The fourth-order valence-corrected chi connectivity index (χ4v) is 4.45. The predicted octanol–water partition coefficient (Wildman–Crippen LogP) is 2.04. The van der Waals surface area contributed by atoms with Crippen LogP contribution in [0.25, 0.3) is 0 Å². The van der Waals surface area contributed by atoms with Crippen LogP contribution in [0.5, 0.6) is 6.01 Å². The summed E-state index contributed by atoms with van der Waals surface area (Å²) in [7, 11) is 1.57. The lowest BCUT2D eigenvalue weighted by atomic mass is 9.79. The minimum Gasteiger partial charge on any atom is -0.467 e. The van der Waals surface area contributed by atoms with Crippen molar-refractivity contribution in [1.82, 2.24) is 19.8 Å². The Kier molecular flexibility index (Phi) is 5.38. The second-order valence-electron chi connectivity index (χ2n) is 7.61. The van der Waals surface area contributed by atoms with Crippen molar-refractivity contribution in [2.45, 2.75) is 37.5 Å². The lowest BCUT2D eigenvalue weighted by Crippen LogP contribution is -2.60. The van der Waals surface area contributed by atoms with Gasteiger partial charge in [0.05, 0.1) is 13.2 Å². The van der Waals surface area contributed by atoms with Gasteiger partial charge < -0.3 is 9.84 Å². The Morgan fingerprint density at radius 2 is 1.81 bits per heavy atom. The van der Waals surface area contributed by atoms with E-state index in [1.54, 1.807) is 7.11 Å². The highest BCUT2D eigenvalue weighted by molar-refractivity contribution is 5.26. The van der Waals surface area contributed by atoms with Crippen molar-refractivity contribution >= 4 is 0 Å². The second kappa shape index (κ2) is 7.92. The summed E-state index contributed by atoms with van der Waals surface area (Å²) < 4.78 is 5.04. The zero-order valence-corrected chi connectivity index (χ0v) is 15.9. The van der Waals surface area contributed by atoms with Gasteiger partial charge in [-0.05, 0) is 37.9 Å². The Morgan fingerprint density at radius 3 is 2.48 bits per heavy atom. The van der Waals surface area contributed by atoms with Crippen LogP contribution in [0.1, 0.15) is 30.4 Å². The molecular formula is C21H28N4O2.